The Bertz CT molecular complexity index is 1160. The molecule has 4 nitrogen and oxygen atoms in total. The van der Waals surface area contributed by atoms with E-state index in [1.807, 2.05) is 49.4 Å². The van der Waals surface area contributed by atoms with Crippen molar-refractivity contribution >= 4 is 11.2 Å². The van der Waals surface area contributed by atoms with Crippen molar-refractivity contribution < 1.29 is 9.13 Å². The van der Waals surface area contributed by atoms with Crippen LogP contribution in [0.2, 0.25) is 0 Å². The quantitative estimate of drug-likeness (QED) is 0.462. The molecule has 4 aromatic rings. The summed E-state index contributed by atoms with van der Waals surface area (Å²) in [6, 6.07) is 13.8. The zero-order valence-electron chi connectivity index (χ0n) is 16.3. The third-order valence-electron chi connectivity index (χ3n) is 5.71. The van der Waals surface area contributed by atoms with Crippen molar-refractivity contribution in [3.8, 4) is 17.0 Å². The van der Waals surface area contributed by atoms with Gasteiger partial charge >= 0.3 is 0 Å². The summed E-state index contributed by atoms with van der Waals surface area (Å²) in [5.74, 6) is 0.360. The fourth-order valence-corrected chi connectivity index (χ4v) is 3.76. The summed E-state index contributed by atoms with van der Waals surface area (Å²) >= 11 is 0. The topological polar surface area (TPSA) is 50.8 Å². The Morgan fingerprint density at radius 3 is 2.69 bits per heavy atom. The van der Waals surface area contributed by atoms with Crippen LogP contribution in [-0.4, -0.2) is 15.0 Å². The van der Waals surface area contributed by atoms with Crippen molar-refractivity contribution in [1.82, 2.24) is 15.0 Å². The maximum absolute atomic E-state index is 15.6. The summed E-state index contributed by atoms with van der Waals surface area (Å²) in [6.45, 7) is 2.38. The van der Waals surface area contributed by atoms with E-state index in [4.69, 9.17) is 4.74 Å². The molecule has 1 aliphatic rings. The molecule has 146 valence electrons. The summed E-state index contributed by atoms with van der Waals surface area (Å²) in [5.41, 5.74) is 5.50. The number of halogens is 1. The Balaban J connectivity index is 1.52. The average molecular weight is 387 g/mol. The standard InChI is InChI=1S/C24H22FN3O/c1-15-5-7-16(8-6-15)14-29-23-18(17-3-2-4-17)9-10-19(22(23)25)21-13-27-24-20(28-21)11-12-26-24/h5-13,17H,2-4,14H2,1H3,(H,26,27). The van der Waals surface area contributed by atoms with Gasteiger partial charge < -0.3 is 9.72 Å². The van der Waals surface area contributed by atoms with Gasteiger partial charge in [0.05, 0.1) is 11.9 Å². The molecule has 0 atom stereocenters. The minimum absolute atomic E-state index is 0.336. The Morgan fingerprint density at radius 1 is 1.10 bits per heavy atom. The predicted molar refractivity (Wildman–Crippen MR) is 111 cm³/mol. The van der Waals surface area contributed by atoms with Crippen LogP contribution in [0.25, 0.3) is 22.4 Å². The molecule has 1 saturated carbocycles. The number of benzene rings is 2. The summed E-state index contributed by atoms with van der Waals surface area (Å²) in [5, 5.41) is 0. The number of aryl methyl sites for hydroxylation is 1. The SMILES string of the molecule is Cc1ccc(COc2c(C3CCC3)ccc(-c3cnc4[nH]ccc4n3)c2F)cc1. The fraction of sp³-hybridized carbons (Fsp3) is 0.250. The number of ether oxygens (including phenoxy) is 1. The molecule has 2 heterocycles. The molecule has 0 saturated heterocycles. The van der Waals surface area contributed by atoms with E-state index < -0.39 is 0 Å². The molecule has 1 N–H and O–H groups in total. The Labute approximate surface area is 168 Å². The van der Waals surface area contributed by atoms with Crippen LogP contribution in [0.3, 0.4) is 0 Å². The van der Waals surface area contributed by atoms with Crippen LogP contribution in [-0.2, 0) is 6.61 Å². The number of hydrogen-bond acceptors (Lipinski definition) is 3. The molecule has 1 aliphatic carbocycles. The van der Waals surface area contributed by atoms with Crippen LogP contribution in [0.15, 0.2) is 54.9 Å². The number of nitrogens with zero attached hydrogens (tertiary/aromatic N) is 2. The van der Waals surface area contributed by atoms with Crippen molar-refractivity contribution in [1.29, 1.82) is 0 Å². The normalized spacial score (nSPS) is 14.1. The minimum atomic E-state index is -0.356. The molecule has 0 amide bonds. The van der Waals surface area contributed by atoms with E-state index in [0.29, 0.717) is 40.7 Å². The van der Waals surface area contributed by atoms with Gasteiger partial charge in [0.15, 0.2) is 17.2 Å². The van der Waals surface area contributed by atoms with E-state index in [0.717, 1.165) is 24.0 Å². The third kappa shape index (κ3) is 3.37. The summed E-state index contributed by atoms with van der Waals surface area (Å²) in [4.78, 5) is 11.9. The first-order valence-electron chi connectivity index (χ1n) is 10.0. The molecule has 0 bridgehead atoms. The number of fused-ring (bicyclic) bond motifs is 1. The Kier molecular flexibility index (Phi) is 4.51. The fourth-order valence-electron chi connectivity index (χ4n) is 3.76. The van der Waals surface area contributed by atoms with E-state index in [-0.39, 0.29) is 5.82 Å². The number of aromatic nitrogens is 3. The van der Waals surface area contributed by atoms with Crippen LogP contribution < -0.4 is 4.74 Å². The van der Waals surface area contributed by atoms with Gasteiger partial charge in [-0.15, -0.1) is 0 Å². The number of rotatable bonds is 5. The van der Waals surface area contributed by atoms with Gasteiger partial charge in [0.1, 0.15) is 12.1 Å². The summed E-state index contributed by atoms with van der Waals surface area (Å²) in [7, 11) is 0. The smallest absolute Gasteiger partial charge is 0.174 e. The van der Waals surface area contributed by atoms with Crippen molar-refractivity contribution in [3.05, 3.63) is 77.4 Å². The van der Waals surface area contributed by atoms with Crippen LogP contribution in [0, 0.1) is 12.7 Å². The van der Waals surface area contributed by atoms with Crippen molar-refractivity contribution in [3.63, 3.8) is 0 Å². The van der Waals surface area contributed by atoms with E-state index >= 15 is 4.39 Å². The maximum atomic E-state index is 15.6. The van der Waals surface area contributed by atoms with Crippen LogP contribution >= 0.6 is 0 Å². The monoisotopic (exact) mass is 387 g/mol. The van der Waals surface area contributed by atoms with Gasteiger partial charge in [-0.05, 0) is 43.4 Å². The van der Waals surface area contributed by atoms with Gasteiger partial charge in [-0.1, -0.05) is 42.3 Å². The predicted octanol–water partition coefficient (Wildman–Crippen LogP) is 5.92. The molecule has 0 unspecified atom stereocenters. The van der Waals surface area contributed by atoms with Gasteiger partial charge in [0.2, 0.25) is 0 Å². The first-order valence-corrected chi connectivity index (χ1v) is 10.0. The largest absolute Gasteiger partial charge is 0.486 e. The lowest BCUT2D eigenvalue weighted by Crippen LogP contribution is -2.12. The van der Waals surface area contributed by atoms with Crippen molar-refractivity contribution in [2.75, 3.05) is 0 Å². The van der Waals surface area contributed by atoms with Crippen molar-refractivity contribution in [2.45, 2.75) is 38.7 Å². The van der Waals surface area contributed by atoms with Crippen LogP contribution in [0.5, 0.6) is 5.75 Å². The lowest BCUT2D eigenvalue weighted by atomic mass is 9.79. The van der Waals surface area contributed by atoms with Crippen LogP contribution in [0.4, 0.5) is 4.39 Å². The Morgan fingerprint density at radius 2 is 1.93 bits per heavy atom. The maximum Gasteiger partial charge on any atom is 0.174 e. The minimum Gasteiger partial charge on any atom is -0.486 e. The lowest BCUT2D eigenvalue weighted by Gasteiger charge is -2.28. The van der Waals surface area contributed by atoms with Gasteiger partial charge in [-0.2, -0.15) is 0 Å². The first kappa shape index (κ1) is 17.9. The van der Waals surface area contributed by atoms with E-state index in [9.17, 15) is 0 Å². The van der Waals surface area contributed by atoms with E-state index in [1.165, 1.54) is 12.0 Å². The highest BCUT2D eigenvalue weighted by atomic mass is 19.1. The second-order valence-electron chi connectivity index (χ2n) is 7.71. The van der Waals surface area contributed by atoms with Gasteiger partial charge in [-0.3, -0.25) is 0 Å². The Hall–Kier alpha value is -3.21. The van der Waals surface area contributed by atoms with Gasteiger partial charge in [-0.25, -0.2) is 14.4 Å². The zero-order chi connectivity index (χ0) is 19.8. The number of H-pyrrole nitrogens is 1. The highest BCUT2D eigenvalue weighted by Gasteiger charge is 2.27. The molecule has 0 aliphatic heterocycles. The molecule has 5 rings (SSSR count). The number of aromatic amines is 1. The molecule has 5 heteroatoms. The summed E-state index contributed by atoms with van der Waals surface area (Å²) < 4.78 is 21.7. The molecular formula is C24H22FN3O. The van der Waals surface area contributed by atoms with E-state index in [1.54, 1.807) is 12.4 Å². The van der Waals surface area contributed by atoms with Crippen molar-refractivity contribution in [2.24, 2.45) is 0 Å². The second-order valence-corrected chi connectivity index (χ2v) is 7.71. The lowest BCUT2D eigenvalue weighted by molar-refractivity contribution is 0.278. The molecule has 2 aromatic carbocycles. The molecular weight excluding hydrogens is 365 g/mol. The number of hydrogen-bond donors (Lipinski definition) is 1. The van der Waals surface area contributed by atoms with Crippen LogP contribution in [0.1, 0.15) is 41.9 Å². The molecule has 1 fully saturated rings. The first-order chi connectivity index (χ1) is 14.2. The zero-order valence-corrected chi connectivity index (χ0v) is 16.3. The number of nitrogens with one attached hydrogen (secondary N) is 1. The highest BCUT2D eigenvalue weighted by molar-refractivity contribution is 5.75. The molecule has 0 spiro atoms. The average Bonchev–Trinajstić information content (AvgIpc) is 3.15. The third-order valence-corrected chi connectivity index (χ3v) is 5.71. The highest BCUT2D eigenvalue weighted by Crippen LogP contribution is 2.44. The molecule has 2 aromatic heterocycles. The molecule has 0 radical (unpaired) electrons. The van der Waals surface area contributed by atoms with E-state index in [2.05, 4.69) is 15.0 Å². The van der Waals surface area contributed by atoms with Gasteiger partial charge in [0.25, 0.3) is 0 Å². The van der Waals surface area contributed by atoms with Gasteiger partial charge in [0, 0.05) is 17.3 Å². The summed E-state index contributed by atoms with van der Waals surface area (Å²) in [6.07, 6.45) is 6.72. The molecule has 29 heavy (non-hydrogen) atoms. The second kappa shape index (κ2) is 7.32.